The van der Waals surface area contributed by atoms with Crippen molar-refractivity contribution < 1.29 is 22.4 Å². The maximum absolute atomic E-state index is 12.5. The number of carbonyl (C=O) groups excluding carboxylic acids is 1. The summed E-state index contributed by atoms with van der Waals surface area (Å²) in [4.78, 5) is 11.3. The zero-order valence-corrected chi connectivity index (χ0v) is 7.44. The Bertz CT molecular complexity index is 246. The van der Waals surface area contributed by atoms with Gasteiger partial charge < -0.3 is 4.90 Å². The van der Waals surface area contributed by atoms with Gasteiger partial charge in [0.15, 0.2) is 0 Å². The number of alkyl halides is 4. The third kappa shape index (κ3) is 2.62. The summed E-state index contributed by atoms with van der Waals surface area (Å²) >= 11 is 0. The number of amides is 1. The van der Waals surface area contributed by atoms with Crippen molar-refractivity contribution in [1.29, 1.82) is 0 Å². The fourth-order valence-corrected chi connectivity index (χ4v) is 0.742. The molecule has 0 bridgehead atoms. The third-order valence-electron chi connectivity index (χ3n) is 1.51. The lowest BCUT2D eigenvalue weighted by molar-refractivity contribution is -0.179. The van der Waals surface area contributed by atoms with Gasteiger partial charge in [-0.25, -0.2) is 8.78 Å². The number of rotatable bonds is 4. The van der Waals surface area contributed by atoms with Gasteiger partial charge in [-0.05, 0) is 6.92 Å². The molecule has 1 amide bonds. The molecule has 6 heteroatoms. The van der Waals surface area contributed by atoms with Gasteiger partial charge in [0.25, 0.3) is 5.91 Å². The number of carbonyl (C=O) groups is 1. The van der Waals surface area contributed by atoms with Gasteiger partial charge in [0.05, 0.1) is 6.54 Å². The van der Waals surface area contributed by atoms with Crippen LogP contribution in [-0.2, 0) is 4.79 Å². The van der Waals surface area contributed by atoms with Gasteiger partial charge in [-0.2, -0.15) is 8.78 Å². The van der Waals surface area contributed by atoms with E-state index >= 15 is 0 Å². The zero-order chi connectivity index (χ0) is 11.4. The number of hydrogen-bond acceptors (Lipinski definition) is 1. The van der Waals surface area contributed by atoms with E-state index in [0.717, 1.165) is 0 Å². The highest BCUT2D eigenvalue weighted by molar-refractivity contribution is 5.84. The summed E-state index contributed by atoms with van der Waals surface area (Å²) in [6, 6.07) is 0. The Labute approximate surface area is 78.9 Å². The summed E-state index contributed by atoms with van der Waals surface area (Å²) in [6.07, 6.45) is 0.774. The Morgan fingerprint density at radius 2 is 2.07 bits per heavy atom. The van der Waals surface area contributed by atoms with Crippen LogP contribution < -0.4 is 0 Å². The first-order valence-corrected chi connectivity index (χ1v) is 3.76. The smallest absolute Gasteiger partial charge is 0.326 e. The molecular weight excluding hydrogens is 202 g/mol. The van der Waals surface area contributed by atoms with Crippen molar-refractivity contribution in [2.75, 3.05) is 13.1 Å². The van der Waals surface area contributed by atoms with Gasteiger partial charge in [-0.3, -0.25) is 4.79 Å². The van der Waals surface area contributed by atoms with Gasteiger partial charge in [-0.1, -0.05) is 5.92 Å². The van der Waals surface area contributed by atoms with E-state index in [4.69, 9.17) is 6.42 Å². The molecule has 0 radical (unpaired) electrons. The molecule has 0 saturated heterocycles. The van der Waals surface area contributed by atoms with E-state index in [-0.39, 0.29) is 6.54 Å². The van der Waals surface area contributed by atoms with E-state index in [1.165, 1.54) is 6.92 Å². The number of hydrogen-bond donors (Lipinski definition) is 0. The lowest BCUT2D eigenvalue weighted by Gasteiger charge is -2.23. The van der Waals surface area contributed by atoms with Crippen LogP contribution in [0.2, 0.25) is 0 Å². The van der Waals surface area contributed by atoms with Crippen LogP contribution in [0.1, 0.15) is 6.92 Å². The minimum Gasteiger partial charge on any atom is -0.326 e. The number of halogens is 4. The molecule has 0 aromatic heterocycles. The van der Waals surface area contributed by atoms with E-state index < -0.39 is 24.8 Å². The standard InChI is InChI=1S/C8H9F4NO/c1-3-5-13(4-2)7(14)8(11,12)6(9)10/h1,6H,4-5H2,2H3. The van der Waals surface area contributed by atoms with Crippen molar-refractivity contribution in [3.8, 4) is 12.3 Å². The number of nitrogens with zero attached hydrogens (tertiary/aromatic N) is 1. The zero-order valence-electron chi connectivity index (χ0n) is 7.44. The first-order valence-electron chi connectivity index (χ1n) is 3.76. The van der Waals surface area contributed by atoms with Gasteiger partial charge in [0, 0.05) is 6.54 Å². The fourth-order valence-electron chi connectivity index (χ4n) is 0.742. The average molecular weight is 211 g/mol. The van der Waals surface area contributed by atoms with Crippen molar-refractivity contribution in [2.24, 2.45) is 0 Å². The molecule has 0 atom stereocenters. The molecule has 0 fully saturated rings. The maximum atomic E-state index is 12.5. The summed E-state index contributed by atoms with van der Waals surface area (Å²) in [6.45, 7) is 0.833. The molecule has 0 heterocycles. The van der Waals surface area contributed by atoms with Crippen molar-refractivity contribution >= 4 is 5.91 Å². The Hall–Kier alpha value is -1.25. The van der Waals surface area contributed by atoms with Crippen LogP contribution in [0.15, 0.2) is 0 Å². The molecular formula is C8H9F4NO. The van der Waals surface area contributed by atoms with Crippen molar-refractivity contribution in [2.45, 2.75) is 19.3 Å². The molecule has 80 valence electrons. The van der Waals surface area contributed by atoms with Crippen LogP contribution in [0.25, 0.3) is 0 Å². The predicted molar refractivity (Wildman–Crippen MR) is 42.0 cm³/mol. The van der Waals surface area contributed by atoms with Crippen molar-refractivity contribution in [3.63, 3.8) is 0 Å². The second-order valence-corrected chi connectivity index (χ2v) is 2.45. The summed E-state index contributed by atoms with van der Waals surface area (Å²) in [5.41, 5.74) is 0. The van der Waals surface area contributed by atoms with Crippen LogP contribution in [0.3, 0.4) is 0 Å². The Balaban J connectivity index is 4.66. The van der Waals surface area contributed by atoms with Gasteiger partial charge in [-0.15, -0.1) is 6.42 Å². The average Bonchev–Trinajstić information content (AvgIpc) is 2.12. The monoisotopic (exact) mass is 211 g/mol. The highest BCUT2D eigenvalue weighted by Gasteiger charge is 2.50. The van der Waals surface area contributed by atoms with Gasteiger partial charge in [0.1, 0.15) is 0 Å². The molecule has 0 N–H and O–H groups in total. The summed E-state index contributed by atoms with van der Waals surface area (Å²) in [5.74, 6) is -4.66. The molecule has 0 aliphatic heterocycles. The van der Waals surface area contributed by atoms with Crippen LogP contribution in [0.4, 0.5) is 17.6 Å². The van der Waals surface area contributed by atoms with E-state index in [0.29, 0.717) is 4.90 Å². The lowest BCUT2D eigenvalue weighted by atomic mass is 10.3. The summed E-state index contributed by atoms with van der Waals surface area (Å²) < 4.78 is 48.5. The van der Waals surface area contributed by atoms with Gasteiger partial charge in [0.2, 0.25) is 0 Å². The quantitative estimate of drug-likeness (QED) is 0.508. The third-order valence-corrected chi connectivity index (χ3v) is 1.51. The lowest BCUT2D eigenvalue weighted by Crippen LogP contribution is -2.47. The van der Waals surface area contributed by atoms with Crippen LogP contribution in [-0.4, -0.2) is 36.2 Å². The van der Waals surface area contributed by atoms with Gasteiger partial charge >= 0.3 is 12.3 Å². The second kappa shape index (κ2) is 4.84. The summed E-state index contributed by atoms with van der Waals surface area (Å²) in [5, 5.41) is 0. The molecule has 0 rings (SSSR count). The molecule has 2 nitrogen and oxygen atoms in total. The first kappa shape index (κ1) is 12.8. The molecule has 0 aromatic rings. The molecule has 14 heavy (non-hydrogen) atoms. The second-order valence-electron chi connectivity index (χ2n) is 2.45. The summed E-state index contributed by atoms with van der Waals surface area (Å²) in [7, 11) is 0. The molecule has 0 aliphatic rings. The topological polar surface area (TPSA) is 20.3 Å². The maximum Gasteiger partial charge on any atom is 0.383 e. The minimum absolute atomic E-state index is 0.134. The molecule has 0 unspecified atom stereocenters. The minimum atomic E-state index is -4.66. The largest absolute Gasteiger partial charge is 0.383 e. The van der Waals surface area contributed by atoms with Crippen molar-refractivity contribution in [3.05, 3.63) is 0 Å². The van der Waals surface area contributed by atoms with E-state index in [9.17, 15) is 22.4 Å². The molecule has 0 spiro atoms. The number of terminal acetylenes is 1. The highest BCUT2D eigenvalue weighted by Crippen LogP contribution is 2.25. The van der Waals surface area contributed by atoms with Crippen LogP contribution in [0, 0.1) is 12.3 Å². The normalized spacial score (nSPS) is 11.2. The van der Waals surface area contributed by atoms with Crippen molar-refractivity contribution in [1.82, 2.24) is 4.90 Å². The highest BCUT2D eigenvalue weighted by atomic mass is 19.3. The SMILES string of the molecule is C#CCN(CC)C(=O)C(F)(F)C(F)F. The Morgan fingerprint density at radius 1 is 1.57 bits per heavy atom. The van der Waals surface area contributed by atoms with E-state index in [1.807, 2.05) is 5.92 Å². The van der Waals surface area contributed by atoms with Crippen LogP contribution in [0.5, 0.6) is 0 Å². The fraction of sp³-hybridized carbons (Fsp3) is 0.625. The Morgan fingerprint density at radius 3 is 2.36 bits per heavy atom. The molecule has 0 aliphatic carbocycles. The Kier molecular flexibility index (Phi) is 4.41. The first-order chi connectivity index (χ1) is 6.37. The van der Waals surface area contributed by atoms with E-state index in [2.05, 4.69) is 0 Å². The molecule has 0 saturated carbocycles. The predicted octanol–water partition coefficient (Wildman–Crippen LogP) is 1.37. The van der Waals surface area contributed by atoms with Crippen LogP contribution >= 0.6 is 0 Å². The van der Waals surface area contributed by atoms with E-state index in [1.54, 1.807) is 0 Å². The molecule has 0 aromatic carbocycles.